The molecule has 152 valence electrons. The van der Waals surface area contributed by atoms with Gasteiger partial charge in [0.25, 0.3) is 0 Å². The number of imide groups is 1. The molecule has 0 spiro atoms. The Bertz CT molecular complexity index is 742. The van der Waals surface area contributed by atoms with Crippen LogP contribution in [0.5, 0.6) is 5.75 Å². The summed E-state index contributed by atoms with van der Waals surface area (Å²) in [6, 6.07) is 4.48. The Morgan fingerprint density at radius 2 is 2.25 bits per heavy atom. The highest BCUT2D eigenvalue weighted by Gasteiger charge is 2.26. The van der Waals surface area contributed by atoms with Gasteiger partial charge in [0.05, 0.1) is 13.2 Å². The van der Waals surface area contributed by atoms with E-state index in [0.29, 0.717) is 24.9 Å². The summed E-state index contributed by atoms with van der Waals surface area (Å²) in [5, 5.41) is 4.02. The number of urea groups is 1. The number of benzene rings is 1. The molecule has 1 aromatic carbocycles. The number of amides is 3. The Labute approximate surface area is 167 Å². The molecule has 1 aromatic rings. The van der Waals surface area contributed by atoms with E-state index in [1.807, 2.05) is 12.3 Å². The van der Waals surface area contributed by atoms with E-state index in [2.05, 4.69) is 10.0 Å². The van der Waals surface area contributed by atoms with Crippen LogP contribution in [0.3, 0.4) is 0 Å². The van der Waals surface area contributed by atoms with Crippen molar-refractivity contribution in [3.8, 4) is 5.75 Å². The highest BCUT2D eigenvalue weighted by molar-refractivity contribution is 8.00. The molecule has 0 radical (unpaired) electrons. The molecule has 1 heterocycles. The Morgan fingerprint density at radius 1 is 1.43 bits per heavy atom. The number of carbonyl (C=O) groups excluding carboxylic acids is 2. The van der Waals surface area contributed by atoms with Crippen LogP contribution >= 0.6 is 11.9 Å². The van der Waals surface area contributed by atoms with Crippen molar-refractivity contribution in [2.24, 2.45) is 5.92 Å². The van der Waals surface area contributed by atoms with Crippen LogP contribution < -0.4 is 14.8 Å². The van der Waals surface area contributed by atoms with Crippen LogP contribution in [-0.4, -0.2) is 43.3 Å². The predicted molar refractivity (Wildman–Crippen MR) is 104 cm³/mol. The van der Waals surface area contributed by atoms with Gasteiger partial charge in [0, 0.05) is 6.04 Å². The molecule has 3 rings (SSSR count). The lowest BCUT2D eigenvalue weighted by atomic mass is 10.1. The van der Waals surface area contributed by atoms with Crippen LogP contribution in [0.2, 0.25) is 0 Å². The van der Waals surface area contributed by atoms with E-state index in [1.54, 1.807) is 18.2 Å². The molecule has 1 saturated carbocycles. The summed E-state index contributed by atoms with van der Waals surface area (Å²) >= 11 is 1.39. The quantitative estimate of drug-likeness (QED) is 0.332. The van der Waals surface area contributed by atoms with Gasteiger partial charge in [-0.3, -0.25) is 19.7 Å². The molecule has 0 bridgehead atoms. The van der Waals surface area contributed by atoms with Gasteiger partial charge in [-0.2, -0.15) is 0 Å². The molecule has 1 aliphatic heterocycles. The maximum Gasteiger partial charge on any atom is 0.326 e. The lowest BCUT2D eigenvalue weighted by Crippen LogP contribution is -2.30. The predicted octanol–water partition coefficient (Wildman–Crippen LogP) is 2.95. The Balaban J connectivity index is 1.34. The zero-order valence-corrected chi connectivity index (χ0v) is 16.5. The first kappa shape index (κ1) is 20.6. The van der Waals surface area contributed by atoms with Crippen molar-refractivity contribution in [1.82, 2.24) is 14.9 Å². The maximum atomic E-state index is 13.9. The Hall–Kier alpha value is -2.10. The van der Waals surface area contributed by atoms with Crippen LogP contribution in [-0.2, 0) is 9.53 Å². The van der Waals surface area contributed by atoms with Crippen molar-refractivity contribution < 1.29 is 23.5 Å². The van der Waals surface area contributed by atoms with Crippen LogP contribution in [0.25, 0.3) is 0 Å². The summed E-state index contributed by atoms with van der Waals surface area (Å²) in [6.45, 7) is 2.97. The maximum absolute atomic E-state index is 13.9. The van der Waals surface area contributed by atoms with E-state index in [1.165, 1.54) is 22.9 Å². The van der Waals surface area contributed by atoms with Crippen LogP contribution in [0.1, 0.15) is 31.4 Å². The number of halogens is 1. The minimum atomic E-state index is -0.432. The highest BCUT2D eigenvalue weighted by atomic mass is 32.2. The zero-order chi connectivity index (χ0) is 19.9. The molecule has 1 aliphatic carbocycles. The molecule has 28 heavy (non-hydrogen) atoms. The third-order valence-electron chi connectivity index (χ3n) is 4.37. The first-order valence-electron chi connectivity index (χ1n) is 9.18. The zero-order valence-electron chi connectivity index (χ0n) is 15.7. The first-order chi connectivity index (χ1) is 13.5. The topological polar surface area (TPSA) is 79.9 Å². The summed E-state index contributed by atoms with van der Waals surface area (Å²) in [6.07, 6.45) is 4.12. The lowest BCUT2D eigenvalue weighted by Gasteiger charge is -2.14. The average Bonchev–Trinajstić information content (AvgIpc) is 3.44. The van der Waals surface area contributed by atoms with Crippen LogP contribution in [0.15, 0.2) is 29.7 Å². The van der Waals surface area contributed by atoms with Gasteiger partial charge in [-0.1, -0.05) is 24.1 Å². The average molecular weight is 409 g/mol. The fourth-order valence-corrected chi connectivity index (χ4v) is 3.10. The van der Waals surface area contributed by atoms with Gasteiger partial charge in [-0.05, 0) is 48.8 Å². The molecule has 7 nitrogen and oxygen atoms in total. The number of rotatable bonds is 11. The molecule has 2 aliphatic rings. The van der Waals surface area contributed by atoms with Crippen molar-refractivity contribution in [3.05, 3.63) is 41.1 Å². The van der Waals surface area contributed by atoms with E-state index in [-0.39, 0.29) is 31.0 Å². The Kier molecular flexibility index (Phi) is 7.30. The molecular weight excluding hydrogens is 385 g/mol. The van der Waals surface area contributed by atoms with Crippen LogP contribution in [0.4, 0.5) is 9.18 Å². The molecular formula is C19H24FN3O4S. The van der Waals surface area contributed by atoms with Gasteiger partial charge in [0.1, 0.15) is 13.3 Å². The van der Waals surface area contributed by atoms with Gasteiger partial charge < -0.3 is 9.47 Å². The smallest absolute Gasteiger partial charge is 0.326 e. The second-order valence-corrected chi connectivity index (χ2v) is 7.57. The number of nitrogens with zero attached hydrogens (tertiary/aromatic N) is 1. The molecule has 0 aromatic heterocycles. The minimum absolute atomic E-state index is 0.00116. The fourth-order valence-electron chi connectivity index (χ4n) is 2.51. The normalized spacial score (nSPS) is 18.0. The monoisotopic (exact) mass is 409 g/mol. The second kappa shape index (κ2) is 9.90. The standard InChI is InChI=1S/C19H24FN3O4S/c1-13(15-5-6-16(20)17(9-15)27-11-14-3-4-14)22-28-8-2-7-26-12-23-10-18(24)21-19(23)25/h2,5-6,8-9,13-14,22H,3-4,7,10-12H2,1H3,(H,21,24,25)/b8-2+. The van der Waals surface area contributed by atoms with E-state index in [0.717, 1.165) is 18.4 Å². The van der Waals surface area contributed by atoms with E-state index >= 15 is 0 Å². The van der Waals surface area contributed by atoms with Crippen LogP contribution in [0, 0.1) is 11.7 Å². The summed E-state index contributed by atoms with van der Waals surface area (Å²) in [5.74, 6) is 0.215. The fraction of sp³-hybridized carbons (Fsp3) is 0.474. The van der Waals surface area contributed by atoms with E-state index in [9.17, 15) is 14.0 Å². The van der Waals surface area contributed by atoms with Gasteiger partial charge in [0.2, 0.25) is 5.91 Å². The summed E-state index contributed by atoms with van der Waals surface area (Å²) in [5.41, 5.74) is 0.939. The van der Waals surface area contributed by atoms with Crippen molar-refractivity contribution in [1.29, 1.82) is 0 Å². The second-order valence-electron chi connectivity index (χ2n) is 6.82. The van der Waals surface area contributed by atoms with Crippen molar-refractivity contribution in [2.75, 3.05) is 26.5 Å². The molecule has 1 saturated heterocycles. The van der Waals surface area contributed by atoms with E-state index in [4.69, 9.17) is 9.47 Å². The minimum Gasteiger partial charge on any atom is -0.490 e. The van der Waals surface area contributed by atoms with Gasteiger partial charge in [-0.25, -0.2) is 9.18 Å². The molecule has 1 atom stereocenters. The third kappa shape index (κ3) is 6.22. The van der Waals surface area contributed by atoms with Crippen molar-refractivity contribution in [3.63, 3.8) is 0 Å². The van der Waals surface area contributed by atoms with Crippen molar-refractivity contribution in [2.45, 2.75) is 25.8 Å². The number of hydrogen-bond acceptors (Lipinski definition) is 6. The summed E-state index contributed by atoms with van der Waals surface area (Å²) in [4.78, 5) is 23.7. The summed E-state index contributed by atoms with van der Waals surface area (Å²) in [7, 11) is 0. The highest BCUT2D eigenvalue weighted by Crippen LogP contribution is 2.31. The van der Waals surface area contributed by atoms with Crippen molar-refractivity contribution >= 4 is 23.9 Å². The summed E-state index contributed by atoms with van der Waals surface area (Å²) < 4.78 is 28.0. The van der Waals surface area contributed by atoms with Gasteiger partial charge in [-0.15, -0.1) is 0 Å². The third-order valence-corrected chi connectivity index (χ3v) is 5.18. The van der Waals surface area contributed by atoms with Gasteiger partial charge in [0.15, 0.2) is 11.6 Å². The SMILES string of the molecule is CC(NS/C=C/COCN1CC(=O)NC1=O)c1ccc(F)c(OCC2CC2)c1. The molecule has 9 heteroatoms. The molecule has 2 N–H and O–H groups in total. The Morgan fingerprint density at radius 3 is 2.96 bits per heavy atom. The van der Waals surface area contributed by atoms with Gasteiger partial charge >= 0.3 is 6.03 Å². The molecule has 1 unspecified atom stereocenters. The number of hydrogen-bond donors (Lipinski definition) is 2. The lowest BCUT2D eigenvalue weighted by molar-refractivity contribution is -0.118. The first-order valence-corrected chi connectivity index (χ1v) is 10.1. The largest absolute Gasteiger partial charge is 0.490 e. The number of carbonyl (C=O) groups is 2. The number of nitrogens with one attached hydrogen (secondary N) is 2. The van der Waals surface area contributed by atoms with E-state index < -0.39 is 6.03 Å². The molecule has 2 fully saturated rings. The molecule has 3 amide bonds. The number of ether oxygens (including phenoxy) is 2.